The summed E-state index contributed by atoms with van der Waals surface area (Å²) in [4.78, 5) is 11.4. The lowest BCUT2D eigenvalue weighted by Gasteiger charge is -2.15. The van der Waals surface area contributed by atoms with E-state index in [2.05, 4.69) is 18.6 Å². The Morgan fingerprint density at radius 3 is 2.41 bits per heavy atom. The Bertz CT molecular complexity index is 402. The van der Waals surface area contributed by atoms with E-state index in [1.54, 1.807) is 13.2 Å². The largest absolute Gasteiger partial charge is 0.496 e. The Labute approximate surface area is 107 Å². The number of methoxy groups -OCH3 is 2. The molecule has 0 aromatic heterocycles. The smallest absolute Gasteiger partial charge is 0.328 e. The zero-order valence-corrected chi connectivity index (χ0v) is 11.2. The third kappa shape index (κ3) is 3.13. The van der Waals surface area contributed by atoms with Gasteiger partial charge in [0.15, 0.2) is 5.38 Å². The van der Waals surface area contributed by atoms with Gasteiger partial charge in [0.1, 0.15) is 5.75 Å². The Balaban J connectivity index is 3.12. The third-order valence-electron chi connectivity index (χ3n) is 2.58. The van der Waals surface area contributed by atoms with Crippen LogP contribution in [0.4, 0.5) is 0 Å². The molecule has 0 saturated heterocycles. The molecular formula is C13H17ClO3. The predicted octanol–water partition coefficient (Wildman–Crippen LogP) is 3.27. The van der Waals surface area contributed by atoms with Crippen LogP contribution < -0.4 is 4.74 Å². The highest BCUT2D eigenvalue weighted by molar-refractivity contribution is 6.29. The maximum Gasteiger partial charge on any atom is 0.328 e. The summed E-state index contributed by atoms with van der Waals surface area (Å²) >= 11 is 6.01. The summed E-state index contributed by atoms with van der Waals surface area (Å²) in [5, 5.41) is -0.775. The number of halogens is 1. The molecule has 1 aromatic carbocycles. The monoisotopic (exact) mass is 256 g/mol. The Hall–Kier alpha value is -1.22. The van der Waals surface area contributed by atoms with E-state index in [9.17, 15) is 4.79 Å². The summed E-state index contributed by atoms with van der Waals surface area (Å²) in [6.07, 6.45) is 0. The highest BCUT2D eigenvalue weighted by Gasteiger charge is 2.20. The number of rotatable bonds is 4. The maximum atomic E-state index is 11.4. The molecule has 0 amide bonds. The van der Waals surface area contributed by atoms with E-state index in [0.29, 0.717) is 5.92 Å². The van der Waals surface area contributed by atoms with Gasteiger partial charge in [0.2, 0.25) is 0 Å². The first-order valence-corrected chi connectivity index (χ1v) is 5.84. The number of benzene rings is 1. The van der Waals surface area contributed by atoms with E-state index in [1.807, 2.05) is 12.1 Å². The van der Waals surface area contributed by atoms with Crippen LogP contribution in [0.1, 0.15) is 36.3 Å². The molecule has 0 N–H and O–H groups in total. The van der Waals surface area contributed by atoms with Crippen LogP contribution in [0.5, 0.6) is 5.75 Å². The number of carbonyl (C=O) groups is 1. The van der Waals surface area contributed by atoms with Gasteiger partial charge in [0, 0.05) is 0 Å². The Morgan fingerprint density at radius 1 is 1.29 bits per heavy atom. The molecule has 0 aliphatic heterocycles. The molecule has 0 bridgehead atoms. The summed E-state index contributed by atoms with van der Waals surface area (Å²) in [6, 6.07) is 5.49. The topological polar surface area (TPSA) is 35.5 Å². The van der Waals surface area contributed by atoms with E-state index >= 15 is 0 Å². The van der Waals surface area contributed by atoms with Crippen molar-refractivity contribution >= 4 is 17.6 Å². The van der Waals surface area contributed by atoms with E-state index in [4.69, 9.17) is 16.3 Å². The van der Waals surface area contributed by atoms with Crippen molar-refractivity contribution in [2.24, 2.45) is 0 Å². The lowest BCUT2D eigenvalue weighted by atomic mass is 9.98. The second-order valence-electron chi connectivity index (χ2n) is 4.04. The number of carbonyl (C=O) groups excluding carboxylic acids is 1. The van der Waals surface area contributed by atoms with Crippen molar-refractivity contribution in [2.75, 3.05) is 14.2 Å². The SMILES string of the molecule is COC(=O)C(Cl)c1ccc(OC)c(C(C)C)c1. The standard InChI is InChI=1S/C13H17ClO3/c1-8(2)10-7-9(5-6-11(10)16-3)12(14)13(15)17-4/h5-8,12H,1-4H3. The van der Waals surface area contributed by atoms with Gasteiger partial charge in [-0.2, -0.15) is 0 Å². The van der Waals surface area contributed by atoms with Gasteiger partial charge in [0.05, 0.1) is 14.2 Å². The van der Waals surface area contributed by atoms with Crippen LogP contribution in [0.3, 0.4) is 0 Å². The molecule has 3 nitrogen and oxygen atoms in total. The van der Waals surface area contributed by atoms with Crippen molar-refractivity contribution in [3.8, 4) is 5.75 Å². The molecule has 0 fully saturated rings. The molecule has 1 aromatic rings. The van der Waals surface area contributed by atoms with E-state index in [0.717, 1.165) is 16.9 Å². The van der Waals surface area contributed by atoms with Crippen molar-refractivity contribution < 1.29 is 14.3 Å². The molecule has 1 atom stereocenters. The van der Waals surface area contributed by atoms with Crippen LogP contribution in [-0.2, 0) is 9.53 Å². The Morgan fingerprint density at radius 2 is 1.94 bits per heavy atom. The van der Waals surface area contributed by atoms with Gasteiger partial charge in [-0.1, -0.05) is 19.9 Å². The summed E-state index contributed by atoms with van der Waals surface area (Å²) in [5.41, 5.74) is 1.75. The fraction of sp³-hybridized carbons (Fsp3) is 0.462. The fourth-order valence-electron chi connectivity index (χ4n) is 1.60. The molecule has 0 saturated carbocycles. The molecule has 1 unspecified atom stereocenters. The molecule has 0 aliphatic rings. The number of hydrogen-bond donors (Lipinski definition) is 0. The highest BCUT2D eigenvalue weighted by atomic mass is 35.5. The van der Waals surface area contributed by atoms with Crippen LogP contribution in [0.2, 0.25) is 0 Å². The summed E-state index contributed by atoms with van der Waals surface area (Å²) in [5.74, 6) is 0.649. The van der Waals surface area contributed by atoms with Crippen LogP contribution in [0.15, 0.2) is 18.2 Å². The Kier molecular flexibility index (Phi) is 4.82. The molecular weight excluding hydrogens is 240 g/mol. The predicted molar refractivity (Wildman–Crippen MR) is 67.7 cm³/mol. The van der Waals surface area contributed by atoms with Crippen LogP contribution in [0.25, 0.3) is 0 Å². The summed E-state index contributed by atoms with van der Waals surface area (Å²) in [7, 11) is 2.95. The van der Waals surface area contributed by atoms with Gasteiger partial charge in [-0.3, -0.25) is 4.79 Å². The minimum absolute atomic E-state index is 0.298. The van der Waals surface area contributed by atoms with Crippen LogP contribution in [0, 0.1) is 0 Å². The molecule has 0 radical (unpaired) electrons. The van der Waals surface area contributed by atoms with Gasteiger partial charge in [-0.05, 0) is 29.2 Å². The minimum atomic E-state index is -0.775. The van der Waals surface area contributed by atoms with Gasteiger partial charge >= 0.3 is 5.97 Å². The maximum absolute atomic E-state index is 11.4. The van der Waals surface area contributed by atoms with Crippen LogP contribution >= 0.6 is 11.6 Å². The molecule has 0 spiro atoms. The quantitative estimate of drug-likeness (QED) is 0.613. The number of ether oxygens (including phenoxy) is 2. The molecule has 17 heavy (non-hydrogen) atoms. The highest BCUT2D eigenvalue weighted by Crippen LogP contribution is 2.31. The first-order valence-electron chi connectivity index (χ1n) is 5.41. The van der Waals surface area contributed by atoms with E-state index in [-0.39, 0.29) is 0 Å². The second-order valence-corrected chi connectivity index (χ2v) is 4.48. The zero-order chi connectivity index (χ0) is 13.0. The van der Waals surface area contributed by atoms with Crippen molar-refractivity contribution in [1.82, 2.24) is 0 Å². The van der Waals surface area contributed by atoms with Crippen LogP contribution in [-0.4, -0.2) is 20.2 Å². The molecule has 0 aliphatic carbocycles. The average Bonchev–Trinajstić information content (AvgIpc) is 2.35. The zero-order valence-electron chi connectivity index (χ0n) is 10.5. The van der Waals surface area contributed by atoms with Gasteiger partial charge in [0.25, 0.3) is 0 Å². The van der Waals surface area contributed by atoms with Gasteiger partial charge in [-0.15, -0.1) is 11.6 Å². The number of hydrogen-bond acceptors (Lipinski definition) is 3. The first kappa shape index (κ1) is 13.8. The fourth-order valence-corrected chi connectivity index (χ4v) is 1.83. The second kappa shape index (κ2) is 5.92. The molecule has 1 rings (SSSR count). The molecule has 0 heterocycles. The average molecular weight is 257 g/mol. The summed E-state index contributed by atoms with van der Waals surface area (Å²) < 4.78 is 9.89. The number of alkyl halides is 1. The molecule has 94 valence electrons. The lowest BCUT2D eigenvalue weighted by molar-refractivity contribution is -0.140. The minimum Gasteiger partial charge on any atom is -0.496 e. The van der Waals surface area contributed by atoms with Gasteiger partial charge in [-0.25, -0.2) is 0 Å². The lowest BCUT2D eigenvalue weighted by Crippen LogP contribution is -2.09. The normalized spacial score (nSPS) is 12.4. The third-order valence-corrected chi connectivity index (χ3v) is 3.01. The van der Waals surface area contributed by atoms with Crippen molar-refractivity contribution in [2.45, 2.75) is 25.1 Å². The van der Waals surface area contributed by atoms with Crippen molar-refractivity contribution in [1.29, 1.82) is 0 Å². The number of esters is 1. The first-order chi connectivity index (χ1) is 8.01. The molecule has 4 heteroatoms. The van der Waals surface area contributed by atoms with Crippen molar-refractivity contribution in [3.63, 3.8) is 0 Å². The van der Waals surface area contributed by atoms with Crippen molar-refractivity contribution in [3.05, 3.63) is 29.3 Å². The van der Waals surface area contributed by atoms with E-state index < -0.39 is 11.3 Å². The summed E-state index contributed by atoms with van der Waals surface area (Å²) in [6.45, 7) is 4.12. The van der Waals surface area contributed by atoms with E-state index in [1.165, 1.54) is 7.11 Å². The van der Waals surface area contributed by atoms with Gasteiger partial charge < -0.3 is 9.47 Å².